The van der Waals surface area contributed by atoms with E-state index < -0.39 is 17.9 Å². The van der Waals surface area contributed by atoms with Crippen LogP contribution in [0.2, 0.25) is 5.02 Å². The first-order chi connectivity index (χ1) is 7.91. The van der Waals surface area contributed by atoms with E-state index >= 15 is 0 Å². The van der Waals surface area contributed by atoms with Gasteiger partial charge < -0.3 is 21.9 Å². The van der Waals surface area contributed by atoms with Crippen LogP contribution < -0.4 is 16.8 Å². The topological polar surface area (TPSA) is 118 Å². The maximum atomic E-state index is 11.6. The number of nitrogens with two attached hydrogens (primary N) is 2. The number of aliphatic hydroxyl groups excluding tert-OH is 1. The average molecular weight is 258 g/mol. The van der Waals surface area contributed by atoms with Crippen molar-refractivity contribution in [2.24, 2.45) is 5.73 Å². The predicted octanol–water partition coefficient (Wildman–Crippen LogP) is -0.502. The molecule has 0 saturated heterocycles. The number of anilines is 1. The third kappa shape index (κ3) is 3.61. The van der Waals surface area contributed by atoms with E-state index in [0.717, 1.165) is 0 Å². The Labute approximate surface area is 103 Å². The highest BCUT2D eigenvalue weighted by Gasteiger charge is 2.14. The highest BCUT2D eigenvalue weighted by Crippen LogP contribution is 2.17. The maximum absolute atomic E-state index is 11.6. The van der Waals surface area contributed by atoms with E-state index in [2.05, 4.69) is 5.32 Å². The molecule has 0 aliphatic heterocycles. The van der Waals surface area contributed by atoms with Crippen molar-refractivity contribution in [1.82, 2.24) is 5.32 Å². The first kappa shape index (κ1) is 13.3. The Balaban J connectivity index is 2.70. The Morgan fingerprint density at radius 2 is 2.12 bits per heavy atom. The summed E-state index contributed by atoms with van der Waals surface area (Å²) in [7, 11) is 0. The summed E-state index contributed by atoms with van der Waals surface area (Å²) in [5, 5.41) is 11.8. The molecule has 0 spiro atoms. The summed E-state index contributed by atoms with van der Waals surface area (Å²) < 4.78 is 0. The predicted molar refractivity (Wildman–Crippen MR) is 63.4 cm³/mol. The van der Waals surface area contributed by atoms with Gasteiger partial charge in [-0.15, -0.1) is 0 Å². The second-order valence-corrected chi connectivity index (χ2v) is 3.80. The fraction of sp³-hybridized carbons (Fsp3) is 0.200. The van der Waals surface area contributed by atoms with Crippen LogP contribution in [0.3, 0.4) is 0 Å². The largest absolute Gasteiger partial charge is 0.398 e. The summed E-state index contributed by atoms with van der Waals surface area (Å²) in [6.07, 6.45) is -1.43. The summed E-state index contributed by atoms with van der Waals surface area (Å²) in [6, 6.07) is 4.43. The van der Waals surface area contributed by atoms with Crippen molar-refractivity contribution < 1.29 is 14.7 Å². The molecule has 0 saturated carbocycles. The van der Waals surface area contributed by atoms with Crippen molar-refractivity contribution in [3.63, 3.8) is 0 Å². The minimum atomic E-state index is -1.43. The standard InChI is InChI=1S/C10H12ClN3O3/c11-5-1-2-7(12)6(3-5)10(17)14-4-8(15)9(13)16/h1-3,8,15H,4,12H2,(H2,13,16)(H,14,17). The first-order valence-corrected chi connectivity index (χ1v) is 5.10. The molecule has 7 heteroatoms. The molecule has 0 aliphatic rings. The first-order valence-electron chi connectivity index (χ1n) is 4.72. The van der Waals surface area contributed by atoms with Crippen molar-refractivity contribution >= 4 is 29.1 Å². The second-order valence-electron chi connectivity index (χ2n) is 3.36. The molecule has 0 aromatic heterocycles. The van der Waals surface area contributed by atoms with E-state index in [1.54, 1.807) is 6.07 Å². The van der Waals surface area contributed by atoms with Gasteiger partial charge in [0.25, 0.3) is 5.91 Å². The molecule has 1 aromatic rings. The third-order valence-electron chi connectivity index (χ3n) is 2.04. The summed E-state index contributed by atoms with van der Waals surface area (Å²) in [6.45, 7) is -0.278. The summed E-state index contributed by atoms with van der Waals surface area (Å²) in [4.78, 5) is 22.2. The quantitative estimate of drug-likeness (QED) is 0.544. The number of halogens is 1. The molecule has 92 valence electrons. The van der Waals surface area contributed by atoms with Crippen molar-refractivity contribution in [1.29, 1.82) is 0 Å². The molecule has 1 rings (SSSR count). The van der Waals surface area contributed by atoms with Gasteiger partial charge in [-0.1, -0.05) is 11.6 Å². The smallest absolute Gasteiger partial charge is 0.253 e. The monoisotopic (exact) mass is 257 g/mol. The highest BCUT2D eigenvalue weighted by atomic mass is 35.5. The normalized spacial score (nSPS) is 11.9. The minimum Gasteiger partial charge on any atom is -0.398 e. The Kier molecular flexibility index (Phi) is 4.30. The van der Waals surface area contributed by atoms with E-state index in [0.29, 0.717) is 5.02 Å². The van der Waals surface area contributed by atoms with Gasteiger partial charge in [-0.05, 0) is 18.2 Å². The van der Waals surface area contributed by atoms with Gasteiger partial charge in [0.2, 0.25) is 5.91 Å². The second kappa shape index (κ2) is 5.51. The van der Waals surface area contributed by atoms with Gasteiger partial charge in [-0.2, -0.15) is 0 Å². The minimum absolute atomic E-state index is 0.175. The Bertz CT molecular complexity index is 450. The molecular weight excluding hydrogens is 246 g/mol. The Hall–Kier alpha value is -1.79. The van der Waals surface area contributed by atoms with Crippen molar-refractivity contribution in [2.75, 3.05) is 12.3 Å². The number of carbonyl (C=O) groups is 2. The molecule has 1 aromatic carbocycles. The van der Waals surface area contributed by atoms with Crippen LogP contribution in [0.25, 0.3) is 0 Å². The zero-order chi connectivity index (χ0) is 13.0. The van der Waals surface area contributed by atoms with Gasteiger partial charge in [-0.3, -0.25) is 9.59 Å². The van der Waals surface area contributed by atoms with Crippen molar-refractivity contribution in [3.8, 4) is 0 Å². The summed E-state index contributed by atoms with van der Waals surface area (Å²) in [5.74, 6) is -1.45. The van der Waals surface area contributed by atoms with Gasteiger partial charge in [0.05, 0.1) is 12.1 Å². The van der Waals surface area contributed by atoms with E-state index in [1.165, 1.54) is 12.1 Å². The highest BCUT2D eigenvalue weighted by molar-refractivity contribution is 6.31. The fourth-order valence-electron chi connectivity index (χ4n) is 1.11. The number of carbonyl (C=O) groups excluding carboxylic acids is 2. The number of hydrogen-bond acceptors (Lipinski definition) is 4. The van der Waals surface area contributed by atoms with E-state index in [4.69, 9.17) is 28.2 Å². The lowest BCUT2D eigenvalue weighted by molar-refractivity contribution is -0.125. The van der Waals surface area contributed by atoms with Crippen molar-refractivity contribution in [2.45, 2.75) is 6.10 Å². The summed E-state index contributed by atoms with van der Waals surface area (Å²) >= 11 is 5.72. The van der Waals surface area contributed by atoms with Crippen LogP contribution in [0.4, 0.5) is 5.69 Å². The molecule has 6 N–H and O–H groups in total. The van der Waals surface area contributed by atoms with Crippen molar-refractivity contribution in [3.05, 3.63) is 28.8 Å². The lowest BCUT2D eigenvalue weighted by Crippen LogP contribution is -2.40. The molecule has 0 heterocycles. The van der Waals surface area contributed by atoms with Crippen LogP contribution >= 0.6 is 11.6 Å². The zero-order valence-corrected chi connectivity index (χ0v) is 9.57. The van der Waals surface area contributed by atoms with Gasteiger partial charge in [-0.25, -0.2) is 0 Å². The molecule has 0 radical (unpaired) electrons. The van der Waals surface area contributed by atoms with Gasteiger partial charge in [0.15, 0.2) is 0 Å². The molecule has 6 nitrogen and oxygen atoms in total. The van der Waals surface area contributed by atoms with Gasteiger partial charge in [0.1, 0.15) is 6.10 Å². The number of nitrogen functional groups attached to an aromatic ring is 1. The van der Waals surface area contributed by atoms with Crippen LogP contribution in [0, 0.1) is 0 Å². The number of rotatable bonds is 4. The lowest BCUT2D eigenvalue weighted by atomic mass is 10.1. The van der Waals surface area contributed by atoms with Gasteiger partial charge in [0, 0.05) is 10.7 Å². The number of aliphatic hydroxyl groups is 1. The Morgan fingerprint density at radius 1 is 1.47 bits per heavy atom. The molecule has 2 amide bonds. The molecule has 0 bridgehead atoms. The molecule has 0 aliphatic carbocycles. The van der Waals surface area contributed by atoms with E-state index in [9.17, 15) is 9.59 Å². The van der Waals surface area contributed by atoms with E-state index in [1.807, 2.05) is 0 Å². The van der Waals surface area contributed by atoms with Crippen LogP contribution in [-0.2, 0) is 4.79 Å². The van der Waals surface area contributed by atoms with Gasteiger partial charge >= 0.3 is 0 Å². The lowest BCUT2D eigenvalue weighted by Gasteiger charge is -2.10. The average Bonchev–Trinajstić information content (AvgIpc) is 2.28. The molecule has 17 heavy (non-hydrogen) atoms. The molecule has 1 atom stereocenters. The Morgan fingerprint density at radius 3 is 2.71 bits per heavy atom. The fourth-order valence-corrected chi connectivity index (χ4v) is 1.28. The number of amides is 2. The van der Waals surface area contributed by atoms with Crippen LogP contribution in [0.1, 0.15) is 10.4 Å². The van der Waals surface area contributed by atoms with Crippen LogP contribution in [-0.4, -0.2) is 29.6 Å². The molecule has 1 unspecified atom stereocenters. The number of primary amides is 1. The zero-order valence-electron chi connectivity index (χ0n) is 8.81. The van der Waals surface area contributed by atoms with Crippen LogP contribution in [0.15, 0.2) is 18.2 Å². The van der Waals surface area contributed by atoms with E-state index in [-0.39, 0.29) is 17.8 Å². The maximum Gasteiger partial charge on any atom is 0.253 e. The number of benzene rings is 1. The third-order valence-corrected chi connectivity index (χ3v) is 2.28. The molecular formula is C10H12ClN3O3. The summed E-state index contributed by atoms with van der Waals surface area (Å²) in [5.41, 5.74) is 10.8. The van der Waals surface area contributed by atoms with Crippen LogP contribution in [0.5, 0.6) is 0 Å². The SMILES string of the molecule is NC(=O)C(O)CNC(=O)c1cc(Cl)ccc1N. The molecule has 0 fully saturated rings. The number of hydrogen-bond donors (Lipinski definition) is 4. The number of nitrogens with one attached hydrogen (secondary N) is 1.